The quantitative estimate of drug-likeness (QED) is 0.592. The zero-order chi connectivity index (χ0) is 23.2. The second-order valence-electron chi connectivity index (χ2n) is 9.35. The fourth-order valence-electron chi connectivity index (χ4n) is 4.71. The Kier molecular flexibility index (Phi) is 7.89. The fourth-order valence-corrected chi connectivity index (χ4v) is 4.71. The number of unbranched alkanes of at least 4 members (excludes halogenated alkanes) is 1. The predicted octanol–water partition coefficient (Wildman–Crippen LogP) is 3.58. The molecular weight excluding hydrogens is 412 g/mol. The Balaban J connectivity index is 1.44. The third-order valence-electron chi connectivity index (χ3n) is 6.93. The molecule has 2 aliphatic rings. The van der Waals surface area contributed by atoms with E-state index < -0.39 is 0 Å². The lowest BCUT2D eigenvalue weighted by Crippen LogP contribution is -2.48. The van der Waals surface area contributed by atoms with Gasteiger partial charge < -0.3 is 19.9 Å². The number of likely N-dealkylation sites (N-methyl/N-ethyl adjacent to an activating group) is 2. The summed E-state index contributed by atoms with van der Waals surface area (Å²) in [5.74, 6) is 0.786. The predicted molar refractivity (Wildman–Crippen MR) is 134 cm³/mol. The van der Waals surface area contributed by atoms with Gasteiger partial charge in [0.25, 0.3) is 5.91 Å². The largest absolute Gasteiger partial charge is 0.494 e. The van der Waals surface area contributed by atoms with Gasteiger partial charge in [-0.05, 0) is 61.3 Å². The summed E-state index contributed by atoms with van der Waals surface area (Å²) < 4.78 is 5.72. The Hall–Kier alpha value is -2.57. The van der Waals surface area contributed by atoms with Crippen LogP contribution >= 0.6 is 0 Å². The van der Waals surface area contributed by atoms with Gasteiger partial charge in [0.1, 0.15) is 5.75 Å². The number of hydrogen-bond donors (Lipinski definition) is 1. The summed E-state index contributed by atoms with van der Waals surface area (Å²) in [4.78, 5) is 20.1. The van der Waals surface area contributed by atoms with Crippen LogP contribution in [0.25, 0.3) is 0 Å². The van der Waals surface area contributed by atoms with E-state index in [4.69, 9.17) is 4.74 Å². The van der Waals surface area contributed by atoms with Gasteiger partial charge >= 0.3 is 0 Å². The van der Waals surface area contributed by atoms with E-state index in [1.54, 1.807) is 0 Å². The minimum Gasteiger partial charge on any atom is -0.494 e. The second-order valence-corrected chi connectivity index (χ2v) is 9.35. The summed E-state index contributed by atoms with van der Waals surface area (Å²) in [7, 11) is 4.33. The molecule has 0 unspecified atom stereocenters. The van der Waals surface area contributed by atoms with Crippen molar-refractivity contribution in [2.75, 3.05) is 64.9 Å². The number of hydrogen-bond acceptors (Lipinski definition) is 5. The van der Waals surface area contributed by atoms with E-state index in [0.29, 0.717) is 18.7 Å². The average Bonchev–Trinajstić information content (AvgIpc) is 3.21. The molecule has 2 aromatic carbocycles. The summed E-state index contributed by atoms with van der Waals surface area (Å²) in [6.07, 6.45) is 3.24. The topological polar surface area (TPSA) is 48.1 Å². The van der Waals surface area contributed by atoms with E-state index in [0.717, 1.165) is 57.7 Å². The summed E-state index contributed by atoms with van der Waals surface area (Å²) >= 11 is 0. The van der Waals surface area contributed by atoms with Gasteiger partial charge in [0.15, 0.2) is 0 Å². The minimum absolute atomic E-state index is 0.0323. The Morgan fingerprint density at radius 2 is 1.79 bits per heavy atom. The zero-order valence-corrected chi connectivity index (χ0v) is 20.3. The van der Waals surface area contributed by atoms with E-state index in [9.17, 15) is 4.79 Å². The molecule has 0 radical (unpaired) electrons. The van der Waals surface area contributed by atoms with Gasteiger partial charge in [0, 0.05) is 57.6 Å². The van der Waals surface area contributed by atoms with Gasteiger partial charge in [-0.15, -0.1) is 0 Å². The van der Waals surface area contributed by atoms with Crippen molar-refractivity contribution >= 4 is 11.6 Å². The van der Waals surface area contributed by atoms with Crippen LogP contribution in [-0.4, -0.2) is 75.7 Å². The van der Waals surface area contributed by atoms with Crippen LogP contribution in [0.2, 0.25) is 0 Å². The number of fused-ring (bicyclic) bond motifs is 1. The lowest BCUT2D eigenvalue weighted by atomic mass is 10.00. The van der Waals surface area contributed by atoms with Crippen LogP contribution in [0.5, 0.6) is 5.75 Å². The van der Waals surface area contributed by atoms with Crippen molar-refractivity contribution in [2.24, 2.45) is 0 Å². The first-order valence-electron chi connectivity index (χ1n) is 12.3. The van der Waals surface area contributed by atoms with Crippen LogP contribution in [0, 0.1) is 0 Å². The van der Waals surface area contributed by atoms with Gasteiger partial charge in [-0.25, -0.2) is 0 Å². The average molecular weight is 451 g/mol. The van der Waals surface area contributed by atoms with Crippen molar-refractivity contribution in [1.29, 1.82) is 0 Å². The number of carbonyl (C=O) groups excluding carboxylic acids is 1. The van der Waals surface area contributed by atoms with Crippen molar-refractivity contribution in [1.82, 2.24) is 15.1 Å². The van der Waals surface area contributed by atoms with Gasteiger partial charge in [-0.1, -0.05) is 25.5 Å². The van der Waals surface area contributed by atoms with Crippen molar-refractivity contribution in [3.63, 3.8) is 0 Å². The lowest BCUT2D eigenvalue weighted by Gasteiger charge is -2.38. The van der Waals surface area contributed by atoms with Crippen molar-refractivity contribution in [3.05, 3.63) is 59.2 Å². The van der Waals surface area contributed by atoms with Crippen LogP contribution in [0.1, 0.15) is 47.3 Å². The molecule has 2 heterocycles. The lowest BCUT2D eigenvalue weighted by molar-refractivity contribution is 0.0886. The monoisotopic (exact) mass is 450 g/mol. The molecule has 0 saturated carbocycles. The van der Waals surface area contributed by atoms with Crippen LogP contribution in [-0.2, 0) is 6.42 Å². The number of benzene rings is 2. The summed E-state index contributed by atoms with van der Waals surface area (Å²) in [6, 6.07) is 14.5. The smallest absolute Gasteiger partial charge is 0.251 e. The van der Waals surface area contributed by atoms with E-state index in [-0.39, 0.29) is 11.9 Å². The van der Waals surface area contributed by atoms with Gasteiger partial charge in [0.05, 0.1) is 12.6 Å². The fraction of sp³-hybridized carbons (Fsp3) is 0.519. The number of amides is 1. The molecule has 0 aliphatic carbocycles. The first-order chi connectivity index (χ1) is 16.0. The highest BCUT2D eigenvalue weighted by Gasteiger charge is 2.26. The summed E-state index contributed by atoms with van der Waals surface area (Å²) in [5, 5.41) is 3.21. The van der Waals surface area contributed by atoms with Gasteiger partial charge in [-0.3, -0.25) is 9.69 Å². The molecule has 4 rings (SSSR count). The number of piperazine rings is 1. The van der Waals surface area contributed by atoms with Crippen molar-refractivity contribution < 1.29 is 9.53 Å². The van der Waals surface area contributed by atoms with E-state index in [2.05, 4.69) is 59.2 Å². The Morgan fingerprint density at radius 1 is 1.03 bits per heavy atom. The number of anilines is 1. The van der Waals surface area contributed by atoms with Gasteiger partial charge in [-0.2, -0.15) is 0 Å². The highest BCUT2D eigenvalue weighted by molar-refractivity contribution is 5.94. The molecule has 33 heavy (non-hydrogen) atoms. The number of rotatable bonds is 9. The van der Waals surface area contributed by atoms with E-state index >= 15 is 0 Å². The Bertz CT molecular complexity index is 922. The zero-order valence-electron chi connectivity index (χ0n) is 20.3. The Labute approximate surface area is 198 Å². The number of carbonyl (C=O) groups is 1. The molecule has 6 nitrogen and oxygen atoms in total. The minimum atomic E-state index is -0.0323. The molecule has 1 amide bonds. The molecule has 0 bridgehead atoms. The van der Waals surface area contributed by atoms with Crippen LogP contribution in [0.15, 0.2) is 42.5 Å². The third kappa shape index (κ3) is 5.87. The standard InChI is InChI=1S/C27H38N4O2/c1-4-5-18-33-24-9-6-21(7-10-24)27(32)28-20-26(31-16-14-29(2)15-17-31)22-8-11-25-23(19-22)12-13-30(25)3/h6-11,19,26H,4-5,12-18,20H2,1-3H3,(H,28,32)/t26-/m1/s1. The molecule has 1 N–H and O–H groups in total. The molecule has 1 fully saturated rings. The number of nitrogens with zero attached hydrogens (tertiary/aromatic N) is 3. The molecule has 6 heteroatoms. The third-order valence-corrected chi connectivity index (χ3v) is 6.93. The maximum atomic E-state index is 12.9. The number of nitrogens with one attached hydrogen (secondary N) is 1. The molecule has 2 aromatic rings. The van der Waals surface area contributed by atoms with Crippen LogP contribution in [0.4, 0.5) is 5.69 Å². The maximum absolute atomic E-state index is 12.9. The highest BCUT2D eigenvalue weighted by Crippen LogP contribution is 2.31. The van der Waals surface area contributed by atoms with Gasteiger partial charge in [0.2, 0.25) is 0 Å². The van der Waals surface area contributed by atoms with E-state index in [1.165, 1.54) is 16.8 Å². The molecular formula is C27H38N4O2. The maximum Gasteiger partial charge on any atom is 0.251 e. The van der Waals surface area contributed by atoms with Crippen molar-refractivity contribution in [2.45, 2.75) is 32.2 Å². The highest BCUT2D eigenvalue weighted by atomic mass is 16.5. The van der Waals surface area contributed by atoms with Crippen molar-refractivity contribution in [3.8, 4) is 5.75 Å². The summed E-state index contributed by atoms with van der Waals surface area (Å²) in [6.45, 7) is 8.67. The summed E-state index contributed by atoms with van der Waals surface area (Å²) in [5.41, 5.74) is 4.72. The molecule has 178 valence electrons. The molecule has 0 spiro atoms. The number of ether oxygens (including phenoxy) is 1. The Morgan fingerprint density at radius 3 is 2.52 bits per heavy atom. The molecule has 0 aromatic heterocycles. The van der Waals surface area contributed by atoms with Crippen LogP contribution in [0.3, 0.4) is 0 Å². The first-order valence-corrected chi connectivity index (χ1v) is 12.3. The van der Waals surface area contributed by atoms with E-state index in [1.807, 2.05) is 24.3 Å². The second kappa shape index (κ2) is 11.0. The molecule has 1 saturated heterocycles. The SMILES string of the molecule is CCCCOc1ccc(C(=O)NC[C@H](c2ccc3c(c2)CCN3C)N2CCN(C)CC2)cc1. The normalized spacial score (nSPS) is 17.6. The molecule has 2 aliphatic heterocycles. The molecule has 1 atom stereocenters. The first kappa shape index (κ1) is 23.6. The van der Waals surface area contributed by atoms with Crippen LogP contribution < -0.4 is 15.0 Å².